The Balaban J connectivity index is 2.13. The number of hydrogen-bond acceptors (Lipinski definition) is 4. The number of benzene rings is 1. The van der Waals surface area contributed by atoms with E-state index >= 15 is 0 Å². The first-order valence-corrected chi connectivity index (χ1v) is 5.74. The topological polar surface area (TPSA) is 69.6 Å². The molecule has 0 saturated carbocycles. The molecule has 0 radical (unpaired) electrons. The molecule has 5 heteroatoms. The van der Waals surface area contributed by atoms with Crippen LogP contribution < -0.4 is 5.73 Å². The van der Waals surface area contributed by atoms with Crippen molar-refractivity contribution in [1.29, 1.82) is 0 Å². The molecule has 0 unspecified atom stereocenters. The first-order valence-electron chi connectivity index (χ1n) is 5.74. The van der Waals surface area contributed by atoms with Gasteiger partial charge in [0.05, 0.1) is 6.54 Å². The average Bonchev–Trinajstić information content (AvgIpc) is 2.68. The monoisotopic (exact) mass is 231 g/mol. The molecule has 0 spiro atoms. The summed E-state index contributed by atoms with van der Waals surface area (Å²) in [5.74, 6) is 1.47. The number of nitrogens with two attached hydrogens (primary N) is 1. The van der Waals surface area contributed by atoms with Gasteiger partial charge in [0.2, 0.25) is 0 Å². The van der Waals surface area contributed by atoms with Crippen molar-refractivity contribution in [2.24, 2.45) is 5.92 Å². The summed E-state index contributed by atoms with van der Waals surface area (Å²) < 4.78 is 1.84. The standard InChI is InChI=1S/C12H17N5/c1-9(2)7-12-14-15-16-17(12)8-10-3-5-11(13)6-4-10/h3-6,9H,7-8,13H2,1-2H3. The van der Waals surface area contributed by atoms with E-state index in [1.54, 1.807) is 0 Å². The second-order valence-corrected chi connectivity index (χ2v) is 4.59. The lowest BCUT2D eigenvalue weighted by Crippen LogP contribution is -2.09. The van der Waals surface area contributed by atoms with Crippen LogP contribution in [-0.4, -0.2) is 20.2 Å². The van der Waals surface area contributed by atoms with Gasteiger partial charge in [-0.2, -0.15) is 0 Å². The van der Waals surface area contributed by atoms with Gasteiger partial charge in [0, 0.05) is 12.1 Å². The normalized spacial score (nSPS) is 11.0. The van der Waals surface area contributed by atoms with Gasteiger partial charge in [0.25, 0.3) is 0 Å². The summed E-state index contributed by atoms with van der Waals surface area (Å²) in [7, 11) is 0. The number of nitrogen functional groups attached to an aromatic ring is 1. The van der Waals surface area contributed by atoms with Crippen LogP contribution in [0.4, 0.5) is 5.69 Å². The average molecular weight is 231 g/mol. The molecule has 0 amide bonds. The first-order chi connectivity index (χ1) is 8.15. The molecule has 17 heavy (non-hydrogen) atoms. The lowest BCUT2D eigenvalue weighted by atomic mass is 10.1. The van der Waals surface area contributed by atoms with E-state index in [1.807, 2.05) is 28.9 Å². The zero-order chi connectivity index (χ0) is 12.3. The highest BCUT2D eigenvalue weighted by atomic mass is 15.5. The zero-order valence-electron chi connectivity index (χ0n) is 10.2. The zero-order valence-corrected chi connectivity index (χ0v) is 10.2. The minimum atomic E-state index is 0.547. The van der Waals surface area contributed by atoms with Crippen LogP contribution in [-0.2, 0) is 13.0 Å². The fourth-order valence-corrected chi connectivity index (χ4v) is 1.65. The fraction of sp³-hybridized carbons (Fsp3) is 0.417. The molecule has 0 bridgehead atoms. The van der Waals surface area contributed by atoms with Gasteiger partial charge in [-0.15, -0.1) is 5.10 Å². The molecular formula is C12H17N5. The molecule has 2 aromatic rings. The Labute approximate surface area is 101 Å². The second-order valence-electron chi connectivity index (χ2n) is 4.59. The minimum Gasteiger partial charge on any atom is -0.399 e. The van der Waals surface area contributed by atoms with Crippen LogP contribution in [0.3, 0.4) is 0 Å². The van der Waals surface area contributed by atoms with Crippen LogP contribution >= 0.6 is 0 Å². The predicted molar refractivity (Wildman–Crippen MR) is 66.3 cm³/mol. The van der Waals surface area contributed by atoms with Gasteiger partial charge >= 0.3 is 0 Å². The fourth-order valence-electron chi connectivity index (χ4n) is 1.65. The van der Waals surface area contributed by atoms with Crippen LogP contribution in [0.25, 0.3) is 0 Å². The number of nitrogens with zero attached hydrogens (tertiary/aromatic N) is 4. The summed E-state index contributed by atoms with van der Waals surface area (Å²) in [6.45, 7) is 5.00. The quantitative estimate of drug-likeness (QED) is 0.810. The molecule has 2 N–H and O–H groups in total. The molecule has 0 aliphatic carbocycles. The maximum absolute atomic E-state index is 5.65. The lowest BCUT2D eigenvalue weighted by molar-refractivity contribution is 0.560. The van der Waals surface area contributed by atoms with Gasteiger partial charge in [0.1, 0.15) is 0 Å². The van der Waals surface area contributed by atoms with Gasteiger partial charge in [-0.25, -0.2) is 4.68 Å². The Morgan fingerprint density at radius 2 is 1.94 bits per heavy atom. The smallest absolute Gasteiger partial charge is 0.151 e. The maximum Gasteiger partial charge on any atom is 0.151 e. The van der Waals surface area contributed by atoms with Crippen LogP contribution in [0.1, 0.15) is 25.2 Å². The third-order valence-corrected chi connectivity index (χ3v) is 2.51. The molecular weight excluding hydrogens is 214 g/mol. The minimum absolute atomic E-state index is 0.547. The number of hydrogen-bond donors (Lipinski definition) is 1. The molecule has 1 aromatic carbocycles. The van der Waals surface area contributed by atoms with Gasteiger partial charge in [-0.05, 0) is 34.0 Å². The van der Waals surface area contributed by atoms with Crippen molar-refractivity contribution in [3.63, 3.8) is 0 Å². The van der Waals surface area contributed by atoms with E-state index in [0.717, 1.165) is 23.5 Å². The Morgan fingerprint density at radius 3 is 2.59 bits per heavy atom. The highest BCUT2D eigenvalue weighted by Gasteiger charge is 2.08. The predicted octanol–water partition coefficient (Wildman–Crippen LogP) is 1.50. The number of tetrazole rings is 1. The summed E-state index contributed by atoms with van der Waals surface area (Å²) in [6.07, 6.45) is 0.891. The molecule has 2 rings (SSSR count). The highest BCUT2D eigenvalue weighted by Crippen LogP contribution is 2.09. The molecule has 0 fully saturated rings. The molecule has 0 aliphatic rings. The first kappa shape index (κ1) is 11.6. The SMILES string of the molecule is CC(C)Cc1nnnn1Cc1ccc(N)cc1. The van der Waals surface area contributed by atoms with Crippen LogP contribution in [0.15, 0.2) is 24.3 Å². The van der Waals surface area contributed by atoms with Gasteiger partial charge in [-0.3, -0.25) is 0 Å². The van der Waals surface area contributed by atoms with Crippen LogP contribution in [0.5, 0.6) is 0 Å². The lowest BCUT2D eigenvalue weighted by Gasteiger charge is -2.06. The molecule has 1 heterocycles. The third-order valence-electron chi connectivity index (χ3n) is 2.51. The maximum atomic E-state index is 5.65. The summed E-state index contributed by atoms with van der Waals surface area (Å²) in [6, 6.07) is 7.77. The van der Waals surface area contributed by atoms with Crippen molar-refractivity contribution in [2.75, 3.05) is 5.73 Å². The Kier molecular flexibility index (Phi) is 3.37. The van der Waals surface area contributed by atoms with E-state index in [4.69, 9.17) is 5.73 Å². The van der Waals surface area contributed by atoms with Crippen molar-refractivity contribution in [3.05, 3.63) is 35.7 Å². The van der Waals surface area contributed by atoms with Gasteiger partial charge in [-0.1, -0.05) is 26.0 Å². The van der Waals surface area contributed by atoms with E-state index in [2.05, 4.69) is 29.4 Å². The molecule has 5 nitrogen and oxygen atoms in total. The van der Waals surface area contributed by atoms with Crippen molar-refractivity contribution in [2.45, 2.75) is 26.8 Å². The summed E-state index contributed by atoms with van der Waals surface area (Å²) in [5.41, 5.74) is 7.57. The van der Waals surface area contributed by atoms with Crippen LogP contribution in [0, 0.1) is 5.92 Å². The number of rotatable bonds is 4. The van der Waals surface area contributed by atoms with E-state index in [1.165, 1.54) is 0 Å². The Morgan fingerprint density at radius 1 is 1.24 bits per heavy atom. The summed E-state index contributed by atoms with van der Waals surface area (Å²) in [5, 5.41) is 11.8. The second kappa shape index (κ2) is 4.95. The van der Waals surface area contributed by atoms with Crippen molar-refractivity contribution < 1.29 is 0 Å². The number of aromatic nitrogens is 4. The highest BCUT2D eigenvalue weighted by molar-refractivity contribution is 5.39. The number of anilines is 1. The van der Waals surface area contributed by atoms with Crippen molar-refractivity contribution in [1.82, 2.24) is 20.2 Å². The van der Waals surface area contributed by atoms with E-state index in [0.29, 0.717) is 12.5 Å². The van der Waals surface area contributed by atoms with Crippen LogP contribution in [0.2, 0.25) is 0 Å². The largest absolute Gasteiger partial charge is 0.399 e. The van der Waals surface area contributed by atoms with E-state index in [-0.39, 0.29) is 0 Å². The third kappa shape index (κ3) is 3.03. The molecule has 0 atom stereocenters. The van der Waals surface area contributed by atoms with E-state index < -0.39 is 0 Å². The Bertz CT molecular complexity index is 472. The summed E-state index contributed by atoms with van der Waals surface area (Å²) >= 11 is 0. The summed E-state index contributed by atoms with van der Waals surface area (Å²) in [4.78, 5) is 0. The van der Waals surface area contributed by atoms with Gasteiger partial charge < -0.3 is 5.73 Å². The molecule has 1 aromatic heterocycles. The van der Waals surface area contributed by atoms with Gasteiger partial charge in [0.15, 0.2) is 5.82 Å². The van der Waals surface area contributed by atoms with Crippen molar-refractivity contribution >= 4 is 5.69 Å². The van der Waals surface area contributed by atoms with E-state index in [9.17, 15) is 0 Å². The van der Waals surface area contributed by atoms with Crippen molar-refractivity contribution in [3.8, 4) is 0 Å². The molecule has 0 aliphatic heterocycles. The molecule has 0 saturated heterocycles. The Hall–Kier alpha value is -1.91. The molecule has 90 valence electrons.